The largest absolute Gasteiger partial charge is 0.344 e. The fraction of sp³-hybridized carbons (Fsp3) is 0.355. The van der Waals surface area contributed by atoms with E-state index in [1.165, 1.54) is 36.1 Å². The molecule has 182 valence electrons. The van der Waals surface area contributed by atoms with Crippen molar-refractivity contribution < 1.29 is 0 Å². The summed E-state index contributed by atoms with van der Waals surface area (Å²) in [5.74, 6) is 8.91. The van der Waals surface area contributed by atoms with Crippen molar-refractivity contribution in [3.05, 3.63) is 82.7 Å². The van der Waals surface area contributed by atoms with Gasteiger partial charge in [-0.25, -0.2) is 9.97 Å². The maximum atomic E-state index is 5.06. The molecule has 0 bridgehead atoms. The summed E-state index contributed by atoms with van der Waals surface area (Å²) in [4.78, 5) is 19.1. The van der Waals surface area contributed by atoms with Crippen LogP contribution in [0.15, 0.2) is 48.7 Å². The highest BCUT2D eigenvalue weighted by Crippen LogP contribution is 2.36. The summed E-state index contributed by atoms with van der Waals surface area (Å²) in [6.45, 7) is 3.36. The van der Waals surface area contributed by atoms with Crippen molar-refractivity contribution in [2.45, 2.75) is 57.9 Å². The van der Waals surface area contributed by atoms with Gasteiger partial charge >= 0.3 is 0 Å². The van der Waals surface area contributed by atoms with Crippen LogP contribution < -0.4 is 0 Å². The molecule has 1 aliphatic heterocycles. The minimum atomic E-state index is 0.423. The molecular formula is C31H33N5. The van der Waals surface area contributed by atoms with Crippen LogP contribution in [0.1, 0.15) is 72.7 Å². The Morgan fingerprint density at radius 3 is 2.67 bits per heavy atom. The van der Waals surface area contributed by atoms with Crippen molar-refractivity contribution >= 4 is 0 Å². The predicted octanol–water partition coefficient (Wildman–Crippen LogP) is 6.07. The average Bonchev–Trinajstić information content (AvgIpc) is 3.65. The van der Waals surface area contributed by atoms with Gasteiger partial charge in [0.25, 0.3) is 0 Å². The zero-order valence-corrected chi connectivity index (χ0v) is 21.2. The normalized spacial score (nSPS) is 16.9. The van der Waals surface area contributed by atoms with E-state index in [0.29, 0.717) is 6.04 Å². The Bertz CT molecular complexity index is 1430. The van der Waals surface area contributed by atoms with Gasteiger partial charge in [0.15, 0.2) is 0 Å². The van der Waals surface area contributed by atoms with E-state index in [-0.39, 0.29) is 0 Å². The van der Waals surface area contributed by atoms with E-state index in [1.807, 2.05) is 6.20 Å². The van der Waals surface area contributed by atoms with Gasteiger partial charge in [-0.05, 0) is 81.1 Å². The van der Waals surface area contributed by atoms with Gasteiger partial charge in [-0.2, -0.15) is 0 Å². The van der Waals surface area contributed by atoms with Gasteiger partial charge in [-0.3, -0.25) is 4.90 Å². The Morgan fingerprint density at radius 2 is 1.86 bits per heavy atom. The minimum Gasteiger partial charge on any atom is -0.344 e. The van der Waals surface area contributed by atoms with Crippen LogP contribution >= 0.6 is 0 Å². The highest BCUT2D eigenvalue weighted by Gasteiger charge is 2.28. The summed E-state index contributed by atoms with van der Waals surface area (Å²) >= 11 is 0. The van der Waals surface area contributed by atoms with Crippen LogP contribution in [0.3, 0.4) is 0 Å². The molecule has 1 aliphatic carbocycles. The molecule has 0 saturated carbocycles. The third kappa shape index (κ3) is 4.50. The lowest BCUT2D eigenvalue weighted by Gasteiger charge is -2.16. The molecule has 6 rings (SSSR count). The molecular weight excluding hydrogens is 442 g/mol. The number of likely N-dealkylation sites (tertiary alicyclic amines) is 1. The number of fused-ring (bicyclic) bond motifs is 3. The molecule has 1 saturated heterocycles. The van der Waals surface area contributed by atoms with Crippen LogP contribution in [0.25, 0.3) is 22.5 Å². The third-order valence-electron chi connectivity index (χ3n) is 7.58. The minimum absolute atomic E-state index is 0.423. The number of nitrogens with one attached hydrogen (secondary N) is 2. The van der Waals surface area contributed by atoms with Crippen molar-refractivity contribution in [3.63, 3.8) is 0 Å². The molecule has 3 heterocycles. The van der Waals surface area contributed by atoms with Crippen molar-refractivity contribution in [1.82, 2.24) is 24.8 Å². The van der Waals surface area contributed by atoms with Gasteiger partial charge < -0.3 is 9.97 Å². The van der Waals surface area contributed by atoms with Crippen LogP contribution in [-0.4, -0.2) is 38.4 Å². The molecule has 1 atom stereocenters. The molecule has 2 aromatic heterocycles. The van der Waals surface area contributed by atoms with Gasteiger partial charge in [-0.15, -0.1) is 0 Å². The number of imidazole rings is 2. The molecule has 2 aliphatic rings. The van der Waals surface area contributed by atoms with Gasteiger partial charge in [0.1, 0.15) is 11.6 Å². The SMILES string of the molecule is CCCCc1ncc(-c2ccc(C#Cc3ccc4c(c3)CCc3[nH]c(C5CCCN5C)nc3-4)cc2)[nH]1. The van der Waals surface area contributed by atoms with Gasteiger partial charge in [-0.1, -0.05) is 43.4 Å². The summed E-state index contributed by atoms with van der Waals surface area (Å²) in [6.07, 6.45) is 9.74. The lowest BCUT2D eigenvalue weighted by atomic mass is 9.91. The highest BCUT2D eigenvalue weighted by molar-refractivity contribution is 5.70. The van der Waals surface area contributed by atoms with Crippen LogP contribution in [0.5, 0.6) is 0 Å². The average molecular weight is 476 g/mol. The van der Waals surface area contributed by atoms with E-state index in [2.05, 4.69) is 88.1 Å². The molecule has 2 aromatic carbocycles. The zero-order valence-electron chi connectivity index (χ0n) is 21.2. The van der Waals surface area contributed by atoms with Crippen LogP contribution in [0, 0.1) is 11.8 Å². The quantitative estimate of drug-likeness (QED) is 0.344. The Hall–Kier alpha value is -3.62. The lowest BCUT2D eigenvalue weighted by Crippen LogP contribution is -2.18. The predicted molar refractivity (Wildman–Crippen MR) is 145 cm³/mol. The van der Waals surface area contributed by atoms with Crippen molar-refractivity contribution in [1.29, 1.82) is 0 Å². The fourth-order valence-electron chi connectivity index (χ4n) is 5.47. The van der Waals surface area contributed by atoms with Crippen molar-refractivity contribution in [3.8, 4) is 34.4 Å². The second-order valence-corrected chi connectivity index (χ2v) is 10.1. The van der Waals surface area contributed by atoms with Crippen LogP contribution in [0.2, 0.25) is 0 Å². The van der Waals surface area contributed by atoms with E-state index in [4.69, 9.17) is 4.98 Å². The molecule has 36 heavy (non-hydrogen) atoms. The topological polar surface area (TPSA) is 60.6 Å². The molecule has 1 unspecified atom stereocenters. The summed E-state index contributed by atoms with van der Waals surface area (Å²) < 4.78 is 0. The van der Waals surface area contributed by atoms with E-state index in [1.54, 1.807) is 0 Å². The number of H-pyrrole nitrogens is 2. The molecule has 2 N–H and O–H groups in total. The number of hydrogen-bond donors (Lipinski definition) is 2. The Balaban J connectivity index is 1.18. The number of rotatable bonds is 5. The van der Waals surface area contributed by atoms with Crippen molar-refractivity contribution in [2.24, 2.45) is 0 Å². The fourth-order valence-corrected chi connectivity index (χ4v) is 5.47. The number of benzene rings is 2. The second-order valence-electron chi connectivity index (χ2n) is 10.1. The Morgan fingerprint density at radius 1 is 1.03 bits per heavy atom. The maximum Gasteiger partial charge on any atom is 0.124 e. The Kier molecular flexibility index (Phi) is 6.21. The maximum absolute atomic E-state index is 5.06. The molecule has 0 spiro atoms. The molecule has 0 amide bonds. The second kappa shape index (κ2) is 9.79. The first kappa shape index (κ1) is 22.8. The molecule has 5 nitrogen and oxygen atoms in total. The third-order valence-corrected chi connectivity index (χ3v) is 7.58. The summed E-state index contributed by atoms with van der Waals surface area (Å²) in [7, 11) is 2.20. The standard InChI is InChI=1S/C31H33N5/c1-3-4-7-29-32-20-27(33-29)23-13-10-21(11-14-23)8-9-22-12-16-25-24(19-22)15-17-26-30(25)35-31(34-26)28-6-5-18-36(28)2/h10-14,16,19-20,28H,3-7,15,17-18H2,1-2H3,(H,32,33)(H,34,35). The Labute approximate surface area is 213 Å². The summed E-state index contributed by atoms with van der Waals surface area (Å²) in [5.41, 5.74) is 9.31. The number of aryl methyl sites for hydroxylation is 3. The first-order chi connectivity index (χ1) is 17.7. The molecule has 0 radical (unpaired) electrons. The number of aromatic amines is 2. The van der Waals surface area contributed by atoms with E-state index in [9.17, 15) is 0 Å². The molecule has 1 fully saturated rings. The molecule has 5 heteroatoms. The smallest absolute Gasteiger partial charge is 0.124 e. The number of hydrogen-bond acceptors (Lipinski definition) is 3. The van der Waals surface area contributed by atoms with Crippen LogP contribution in [0.4, 0.5) is 0 Å². The van der Waals surface area contributed by atoms with Gasteiger partial charge in [0.2, 0.25) is 0 Å². The van der Waals surface area contributed by atoms with Crippen LogP contribution in [-0.2, 0) is 19.3 Å². The zero-order chi connectivity index (χ0) is 24.5. The first-order valence-electron chi connectivity index (χ1n) is 13.3. The molecule has 4 aromatic rings. The van der Waals surface area contributed by atoms with Crippen molar-refractivity contribution in [2.75, 3.05) is 13.6 Å². The summed E-state index contributed by atoms with van der Waals surface area (Å²) in [6, 6.07) is 15.4. The van der Waals surface area contributed by atoms with E-state index in [0.717, 1.165) is 72.0 Å². The summed E-state index contributed by atoms with van der Waals surface area (Å²) in [5, 5.41) is 0. The highest BCUT2D eigenvalue weighted by atomic mass is 15.2. The number of aromatic nitrogens is 4. The van der Waals surface area contributed by atoms with Gasteiger partial charge in [0, 0.05) is 28.8 Å². The van der Waals surface area contributed by atoms with E-state index >= 15 is 0 Å². The van der Waals surface area contributed by atoms with Gasteiger partial charge in [0.05, 0.1) is 23.6 Å². The monoisotopic (exact) mass is 475 g/mol. The first-order valence-corrected chi connectivity index (χ1v) is 13.3. The number of unbranched alkanes of at least 4 members (excludes halogenated alkanes) is 1. The van der Waals surface area contributed by atoms with E-state index < -0.39 is 0 Å². The number of nitrogens with zero attached hydrogens (tertiary/aromatic N) is 3. The lowest BCUT2D eigenvalue weighted by molar-refractivity contribution is 0.307.